The Bertz CT molecular complexity index is 633. The number of carbonyl (C=O) groups is 1. The lowest BCUT2D eigenvalue weighted by molar-refractivity contribution is -0.138. The van der Waals surface area contributed by atoms with Gasteiger partial charge in [0.2, 0.25) is 0 Å². The van der Waals surface area contributed by atoms with Crippen molar-refractivity contribution < 1.29 is 19.4 Å². The van der Waals surface area contributed by atoms with Crippen molar-refractivity contribution in [3.8, 4) is 5.75 Å². The van der Waals surface area contributed by atoms with Crippen LogP contribution in [0.4, 0.5) is 5.69 Å². The van der Waals surface area contributed by atoms with Crippen molar-refractivity contribution in [2.24, 2.45) is 11.3 Å². The minimum Gasteiger partial charge on any atom is -0.491 e. The molecule has 2 aliphatic rings. The molecule has 1 spiro atoms. The van der Waals surface area contributed by atoms with Gasteiger partial charge in [-0.3, -0.25) is 4.79 Å². The Balaban J connectivity index is 1.56. The number of hydrogen-bond donors (Lipinski definition) is 1. The van der Waals surface area contributed by atoms with E-state index in [1.807, 2.05) is 18.2 Å². The number of anilines is 1. The maximum atomic E-state index is 10.9. The van der Waals surface area contributed by atoms with Crippen LogP contribution in [0.25, 0.3) is 0 Å². The van der Waals surface area contributed by atoms with Gasteiger partial charge in [-0.2, -0.15) is 0 Å². The lowest BCUT2D eigenvalue weighted by Crippen LogP contribution is -2.42. The van der Waals surface area contributed by atoms with Crippen LogP contribution in [0.2, 0.25) is 5.02 Å². The normalized spacial score (nSPS) is 20.0. The van der Waals surface area contributed by atoms with Gasteiger partial charge in [0.1, 0.15) is 12.4 Å². The van der Waals surface area contributed by atoms with E-state index in [-0.39, 0.29) is 0 Å². The van der Waals surface area contributed by atoms with Gasteiger partial charge in [0.05, 0.1) is 17.3 Å². The number of carboxylic acid groups (broad SMARTS) is 1. The van der Waals surface area contributed by atoms with E-state index in [4.69, 9.17) is 26.2 Å². The molecule has 0 bridgehead atoms. The van der Waals surface area contributed by atoms with Crippen molar-refractivity contribution >= 4 is 23.3 Å². The smallest absolute Gasteiger partial charge is 0.303 e. The van der Waals surface area contributed by atoms with Crippen LogP contribution in [-0.2, 0) is 9.53 Å². The van der Waals surface area contributed by atoms with Crippen LogP contribution in [0.1, 0.15) is 44.9 Å². The third kappa shape index (κ3) is 5.29. The number of carboxylic acids is 1. The Kier molecular flexibility index (Phi) is 6.88. The van der Waals surface area contributed by atoms with Gasteiger partial charge in [-0.15, -0.1) is 0 Å². The van der Waals surface area contributed by atoms with Gasteiger partial charge >= 0.3 is 5.97 Å². The first-order chi connectivity index (χ1) is 13.0. The molecule has 6 heteroatoms. The molecular weight excluding hydrogens is 366 g/mol. The van der Waals surface area contributed by atoms with Gasteiger partial charge in [-0.05, 0) is 62.0 Å². The van der Waals surface area contributed by atoms with E-state index in [9.17, 15) is 4.79 Å². The molecular formula is C21H30ClNO4. The van der Waals surface area contributed by atoms with Crippen LogP contribution in [0, 0.1) is 11.3 Å². The maximum Gasteiger partial charge on any atom is 0.303 e. The van der Waals surface area contributed by atoms with Crippen LogP contribution in [-0.4, -0.2) is 44.5 Å². The number of ether oxygens (including phenoxy) is 2. The minimum atomic E-state index is -0.659. The second kappa shape index (κ2) is 9.16. The summed E-state index contributed by atoms with van der Waals surface area (Å²) in [6.45, 7) is 3.07. The van der Waals surface area contributed by atoms with Gasteiger partial charge in [-0.1, -0.05) is 11.6 Å². The average molecular weight is 396 g/mol. The Morgan fingerprint density at radius 1 is 1.22 bits per heavy atom. The van der Waals surface area contributed by atoms with E-state index in [0.29, 0.717) is 31.0 Å². The number of halogens is 1. The van der Waals surface area contributed by atoms with Crippen molar-refractivity contribution in [1.29, 1.82) is 0 Å². The quantitative estimate of drug-likeness (QED) is 0.683. The van der Waals surface area contributed by atoms with Crippen molar-refractivity contribution in [2.45, 2.75) is 44.9 Å². The summed E-state index contributed by atoms with van der Waals surface area (Å²) in [4.78, 5) is 13.3. The summed E-state index contributed by atoms with van der Waals surface area (Å²) < 4.78 is 10.8. The standard InChI is InChI=1S/C21H30ClNO4/c1-26-12-13-27-17-2-3-18(22)19(15-17)23-10-8-21(9-11-23)6-4-16(5-7-21)14-20(24)25/h2-3,15-16H,4-14H2,1H3,(H,24,25). The molecule has 1 aromatic rings. The molecule has 0 aromatic heterocycles. The van der Waals surface area contributed by atoms with Gasteiger partial charge in [0, 0.05) is 32.7 Å². The molecule has 27 heavy (non-hydrogen) atoms. The van der Waals surface area contributed by atoms with E-state index >= 15 is 0 Å². The summed E-state index contributed by atoms with van der Waals surface area (Å²) in [5, 5.41) is 9.77. The first-order valence-electron chi connectivity index (χ1n) is 9.89. The zero-order valence-corrected chi connectivity index (χ0v) is 16.8. The van der Waals surface area contributed by atoms with E-state index < -0.39 is 5.97 Å². The molecule has 2 fully saturated rings. The molecule has 0 atom stereocenters. The van der Waals surface area contributed by atoms with Gasteiger partial charge in [0.25, 0.3) is 0 Å². The Morgan fingerprint density at radius 2 is 1.93 bits per heavy atom. The predicted octanol–water partition coefficient (Wildman–Crippen LogP) is 4.62. The summed E-state index contributed by atoms with van der Waals surface area (Å²) in [6.07, 6.45) is 7.05. The molecule has 5 nitrogen and oxygen atoms in total. The van der Waals surface area contributed by atoms with E-state index in [0.717, 1.165) is 68.1 Å². The zero-order chi connectivity index (χ0) is 19.3. The van der Waals surface area contributed by atoms with Crippen LogP contribution in [0.5, 0.6) is 5.75 Å². The molecule has 150 valence electrons. The highest BCUT2D eigenvalue weighted by Crippen LogP contribution is 2.48. The molecule has 1 saturated heterocycles. The lowest BCUT2D eigenvalue weighted by Gasteiger charge is -2.46. The Morgan fingerprint density at radius 3 is 2.56 bits per heavy atom. The number of hydrogen-bond acceptors (Lipinski definition) is 4. The minimum absolute atomic E-state index is 0.327. The van der Waals surface area contributed by atoms with Crippen molar-refractivity contribution in [3.63, 3.8) is 0 Å². The summed E-state index contributed by atoms with van der Waals surface area (Å²) >= 11 is 6.46. The summed E-state index contributed by atoms with van der Waals surface area (Å²) in [5.74, 6) is 0.524. The number of piperidine rings is 1. The molecule has 1 aliphatic heterocycles. The third-order valence-corrected chi connectivity index (χ3v) is 6.59. The topological polar surface area (TPSA) is 59.0 Å². The van der Waals surface area contributed by atoms with Crippen LogP contribution < -0.4 is 9.64 Å². The largest absolute Gasteiger partial charge is 0.491 e. The van der Waals surface area contributed by atoms with E-state index in [2.05, 4.69) is 4.90 Å². The molecule has 1 saturated carbocycles. The number of benzene rings is 1. The SMILES string of the molecule is COCCOc1ccc(Cl)c(N2CCC3(CCC(CC(=O)O)CC3)CC2)c1. The first-order valence-corrected chi connectivity index (χ1v) is 10.3. The zero-order valence-electron chi connectivity index (χ0n) is 16.1. The fourth-order valence-electron chi connectivity index (χ4n) is 4.53. The molecule has 1 N–H and O–H groups in total. The summed E-state index contributed by atoms with van der Waals surface area (Å²) in [6, 6.07) is 5.83. The van der Waals surface area contributed by atoms with Gasteiger partial charge in [-0.25, -0.2) is 0 Å². The van der Waals surface area contributed by atoms with Crippen molar-refractivity contribution in [3.05, 3.63) is 23.2 Å². The summed E-state index contributed by atoms with van der Waals surface area (Å²) in [7, 11) is 1.66. The number of rotatable bonds is 7. The van der Waals surface area contributed by atoms with Gasteiger partial charge in [0.15, 0.2) is 0 Å². The lowest BCUT2D eigenvalue weighted by atomic mass is 9.65. The van der Waals surface area contributed by atoms with E-state index in [1.165, 1.54) is 0 Å². The molecule has 3 rings (SSSR count). The molecule has 1 aromatic carbocycles. The Hall–Kier alpha value is -1.46. The molecule has 0 radical (unpaired) electrons. The number of nitrogens with zero attached hydrogens (tertiary/aromatic N) is 1. The summed E-state index contributed by atoms with van der Waals surface area (Å²) in [5.41, 5.74) is 1.44. The number of aliphatic carboxylic acids is 1. The Labute approximate surface area is 166 Å². The van der Waals surface area contributed by atoms with Crippen molar-refractivity contribution in [2.75, 3.05) is 38.3 Å². The van der Waals surface area contributed by atoms with Crippen LogP contribution in [0.3, 0.4) is 0 Å². The number of methoxy groups -OCH3 is 1. The predicted molar refractivity (Wildman–Crippen MR) is 107 cm³/mol. The second-order valence-electron chi connectivity index (χ2n) is 7.98. The molecule has 0 amide bonds. The second-order valence-corrected chi connectivity index (χ2v) is 8.39. The highest BCUT2D eigenvalue weighted by Gasteiger charge is 2.38. The maximum absolute atomic E-state index is 10.9. The highest BCUT2D eigenvalue weighted by molar-refractivity contribution is 6.33. The first kappa shape index (κ1) is 20.3. The average Bonchev–Trinajstić information content (AvgIpc) is 2.66. The van der Waals surface area contributed by atoms with E-state index in [1.54, 1.807) is 7.11 Å². The molecule has 0 unspecified atom stereocenters. The van der Waals surface area contributed by atoms with Crippen LogP contribution in [0.15, 0.2) is 18.2 Å². The third-order valence-electron chi connectivity index (χ3n) is 6.27. The fraction of sp³-hybridized carbons (Fsp3) is 0.667. The molecule has 1 aliphatic carbocycles. The van der Waals surface area contributed by atoms with Crippen LogP contribution >= 0.6 is 11.6 Å². The van der Waals surface area contributed by atoms with Crippen molar-refractivity contribution in [1.82, 2.24) is 0 Å². The fourth-order valence-corrected chi connectivity index (χ4v) is 4.77. The molecule has 1 heterocycles. The van der Waals surface area contributed by atoms with Gasteiger partial charge < -0.3 is 19.5 Å². The monoisotopic (exact) mass is 395 g/mol. The highest BCUT2D eigenvalue weighted by atomic mass is 35.5.